The number of amides is 1. The van der Waals surface area contributed by atoms with E-state index in [0.29, 0.717) is 6.54 Å². The maximum atomic E-state index is 12.2. The van der Waals surface area contributed by atoms with Crippen LogP contribution in [0.4, 0.5) is 0 Å². The third kappa shape index (κ3) is 3.33. The van der Waals surface area contributed by atoms with E-state index in [9.17, 15) is 4.79 Å². The Hall–Kier alpha value is -1.29. The Bertz CT molecular complexity index is 340. The van der Waals surface area contributed by atoms with Crippen LogP contribution in [0.1, 0.15) is 24.8 Å². The summed E-state index contributed by atoms with van der Waals surface area (Å²) in [6.45, 7) is 2.63. The van der Waals surface area contributed by atoms with Gasteiger partial charge in [-0.1, -0.05) is 0 Å². The van der Waals surface area contributed by atoms with Crippen LogP contribution in [0.5, 0.6) is 0 Å². The minimum Gasteiger partial charge on any atom is -0.472 e. The fourth-order valence-electron chi connectivity index (χ4n) is 2.31. The molecule has 1 aliphatic heterocycles. The molecule has 0 spiro atoms. The van der Waals surface area contributed by atoms with Crippen LogP contribution in [0.25, 0.3) is 0 Å². The van der Waals surface area contributed by atoms with Crippen molar-refractivity contribution >= 4 is 5.91 Å². The van der Waals surface area contributed by atoms with Gasteiger partial charge in [0.15, 0.2) is 0 Å². The van der Waals surface area contributed by atoms with E-state index in [1.807, 2.05) is 13.1 Å². The zero-order valence-corrected chi connectivity index (χ0v) is 10.3. The fourth-order valence-corrected chi connectivity index (χ4v) is 2.31. The van der Waals surface area contributed by atoms with Gasteiger partial charge in [-0.3, -0.25) is 4.79 Å². The molecule has 1 aromatic rings. The molecule has 1 N–H and O–H groups in total. The van der Waals surface area contributed by atoms with Crippen molar-refractivity contribution in [3.05, 3.63) is 24.2 Å². The highest BCUT2D eigenvalue weighted by molar-refractivity contribution is 5.78. The van der Waals surface area contributed by atoms with E-state index in [0.717, 1.165) is 37.9 Å². The maximum absolute atomic E-state index is 12.2. The van der Waals surface area contributed by atoms with Crippen molar-refractivity contribution in [1.82, 2.24) is 10.2 Å². The Kier molecular flexibility index (Phi) is 4.20. The largest absolute Gasteiger partial charge is 0.472 e. The van der Waals surface area contributed by atoms with Crippen molar-refractivity contribution in [2.75, 3.05) is 20.1 Å². The Labute approximate surface area is 102 Å². The molecule has 0 unspecified atom stereocenters. The molecule has 2 heterocycles. The molecule has 1 aromatic heterocycles. The van der Waals surface area contributed by atoms with Crippen LogP contribution in [0, 0.1) is 5.92 Å². The normalized spacial score (nSPS) is 20.9. The molecule has 1 aliphatic rings. The molecule has 4 nitrogen and oxygen atoms in total. The Morgan fingerprint density at radius 1 is 1.53 bits per heavy atom. The van der Waals surface area contributed by atoms with Gasteiger partial charge in [0.1, 0.15) is 0 Å². The first-order chi connectivity index (χ1) is 8.27. The molecule has 0 aliphatic carbocycles. The number of nitrogens with one attached hydrogen (secondary N) is 1. The minimum absolute atomic E-state index is 0.182. The van der Waals surface area contributed by atoms with Crippen molar-refractivity contribution in [3.63, 3.8) is 0 Å². The minimum atomic E-state index is 0.182. The van der Waals surface area contributed by atoms with E-state index < -0.39 is 0 Å². The fraction of sp³-hybridized carbons (Fsp3) is 0.615. The van der Waals surface area contributed by atoms with Gasteiger partial charge in [-0.15, -0.1) is 0 Å². The standard InChI is InChI=1S/C13H20N2O2/c1-15(9-11-5-8-17-10-11)13(16)12-3-2-6-14-7-4-12/h5,8,10,12,14H,2-4,6-7,9H2,1H3/t12-/m1/s1. The molecule has 1 fully saturated rings. The predicted molar refractivity (Wildman–Crippen MR) is 65.4 cm³/mol. The second kappa shape index (κ2) is 5.87. The molecule has 0 saturated carbocycles. The van der Waals surface area contributed by atoms with Crippen LogP contribution in [0.3, 0.4) is 0 Å². The molecule has 17 heavy (non-hydrogen) atoms. The lowest BCUT2D eigenvalue weighted by Crippen LogP contribution is -2.32. The van der Waals surface area contributed by atoms with Crippen LogP contribution >= 0.6 is 0 Å². The van der Waals surface area contributed by atoms with Crippen molar-refractivity contribution in [1.29, 1.82) is 0 Å². The summed E-state index contributed by atoms with van der Waals surface area (Å²) in [4.78, 5) is 14.1. The van der Waals surface area contributed by atoms with Crippen molar-refractivity contribution < 1.29 is 9.21 Å². The van der Waals surface area contributed by atoms with Crippen LogP contribution in [-0.2, 0) is 11.3 Å². The third-order valence-electron chi connectivity index (χ3n) is 3.30. The van der Waals surface area contributed by atoms with Crippen molar-refractivity contribution in [3.8, 4) is 0 Å². The summed E-state index contributed by atoms with van der Waals surface area (Å²) in [6, 6.07) is 1.90. The first kappa shape index (κ1) is 12.2. The average molecular weight is 236 g/mol. The number of hydrogen-bond acceptors (Lipinski definition) is 3. The summed E-state index contributed by atoms with van der Waals surface area (Å²) in [5, 5.41) is 3.33. The SMILES string of the molecule is CN(Cc1ccoc1)C(=O)[C@@H]1CCCNCC1. The highest BCUT2D eigenvalue weighted by Gasteiger charge is 2.23. The molecule has 1 saturated heterocycles. The number of carbonyl (C=O) groups is 1. The molecule has 0 aromatic carbocycles. The van der Waals surface area contributed by atoms with E-state index in [4.69, 9.17) is 4.42 Å². The first-order valence-corrected chi connectivity index (χ1v) is 6.24. The predicted octanol–water partition coefficient (Wildman–Crippen LogP) is 1.63. The summed E-state index contributed by atoms with van der Waals surface area (Å²) in [7, 11) is 1.87. The summed E-state index contributed by atoms with van der Waals surface area (Å²) < 4.78 is 5.01. The summed E-state index contributed by atoms with van der Waals surface area (Å²) in [5.74, 6) is 0.441. The monoisotopic (exact) mass is 236 g/mol. The van der Waals surface area contributed by atoms with E-state index in [1.165, 1.54) is 0 Å². The van der Waals surface area contributed by atoms with Gasteiger partial charge in [-0.2, -0.15) is 0 Å². The Morgan fingerprint density at radius 3 is 3.18 bits per heavy atom. The Morgan fingerprint density at radius 2 is 2.41 bits per heavy atom. The van der Waals surface area contributed by atoms with E-state index in [-0.39, 0.29) is 11.8 Å². The topological polar surface area (TPSA) is 45.5 Å². The second-order valence-corrected chi connectivity index (χ2v) is 4.70. The second-order valence-electron chi connectivity index (χ2n) is 4.70. The number of rotatable bonds is 3. The Balaban J connectivity index is 1.89. The van der Waals surface area contributed by atoms with E-state index in [2.05, 4.69) is 5.32 Å². The van der Waals surface area contributed by atoms with Crippen molar-refractivity contribution in [2.24, 2.45) is 5.92 Å². The number of furan rings is 1. The smallest absolute Gasteiger partial charge is 0.225 e. The molecule has 2 rings (SSSR count). The number of carbonyl (C=O) groups excluding carboxylic acids is 1. The van der Waals surface area contributed by atoms with Gasteiger partial charge in [-0.25, -0.2) is 0 Å². The molecule has 0 bridgehead atoms. The first-order valence-electron chi connectivity index (χ1n) is 6.24. The molecule has 4 heteroatoms. The summed E-state index contributed by atoms with van der Waals surface area (Å²) in [6.07, 6.45) is 6.38. The highest BCUT2D eigenvalue weighted by Crippen LogP contribution is 2.17. The quantitative estimate of drug-likeness (QED) is 0.867. The van der Waals surface area contributed by atoms with Crippen LogP contribution in [0.15, 0.2) is 23.0 Å². The molecule has 1 amide bonds. The van der Waals surface area contributed by atoms with Gasteiger partial charge in [0.2, 0.25) is 5.91 Å². The average Bonchev–Trinajstić information content (AvgIpc) is 2.68. The van der Waals surface area contributed by atoms with Gasteiger partial charge < -0.3 is 14.6 Å². The zero-order valence-electron chi connectivity index (χ0n) is 10.3. The van der Waals surface area contributed by atoms with E-state index in [1.54, 1.807) is 17.4 Å². The van der Waals surface area contributed by atoms with Crippen LogP contribution < -0.4 is 5.32 Å². The van der Waals surface area contributed by atoms with Gasteiger partial charge in [0, 0.05) is 25.1 Å². The molecular formula is C13H20N2O2. The lowest BCUT2D eigenvalue weighted by Gasteiger charge is -2.22. The molecule has 1 atom stereocenters. The highest BCUT2D eigenvalue weighted by atomic mass is 16.3. The number of nitrogens with zero attached hydrogens (tertiary/aromatic N) is 1. The lowest BCUT2D eigenvalue weighted by molar-refractivity contribution is -0.135. The van der Waals surface area contributed by atoms with Gasteiger partial charge in [-0.05, 0) is 38.4 Å². The summed E-state index contributed by atoms with van der Waals surface area (Å²) >= 11 is 0. The zero-order chi connectivity index (χ0) is 12.1. The van der Waals surface area contributed by atoms with E-state index >= 15 is 0 Å². The maximum Gasteiger partial charge on any atom is 0.225 e. The van der Waals surface area contributed by atoms with Gasteiger partial charge in [0.25, 0.3) is 0 Å². The molecular weight excluding hydrogens is 216 g/mol. The van der Waals surface area contributed by atoms with Gasteiger partial charge >= 0.3 is 0 Å². The van der Waals surface area contributed by atoms with Crippen molar-refractivity contribution in [2.45, 2.75) is 25.8 Å². The van der Waals surface area contributed by atoms with Gasteiger partial charge in [0.05, 0.1) is 12.5 Å². The number of hydrogen-bond donors (Lipinski definition) is 1. The third-order valence-corrected chi connectivity index (χ3v) is 3.30. The van der Waals surface area contributed by atoms with Crippen LogP contribution in [0.2, 0.25) is 0 Å². The summed E-state index contributed by atoms with van der Waals surface area (Å²) in [5.41, 5.74) is 1.05. The molecule has 0 radical (unpaired) electrons. The van der Waals surface area contributed by atoms with Crippen LogP contribution in [-0.4, -0.2) is 30.9 Å². The molecule has 94 valence electrons. The lowest BCUT2D eigenvalue weighted by atomic mass is 9.99.